The van der Waals surface area contributed by atoms with Crippen LogP contribution in [0.15, 0.2) is 6.20 Å². The number of aliphatic hydroxyl groups is 1. The van der Waals surface area contributed by atoms with Crippen molar-refractivity contribution in [3.05, 3.63) is 17.6 Å². The fourth-order valence-electron chi connectivity index (χ4n) is 2.11. The number of aliphatic hydroxyl groups excluding tert-OH is 1. The van der Waals surface area contributed by atoms with Crippen LogP contribution < -0.4 is 5.32 Å². The van der Waals surface area contributed by atoms with E-state index in [1.165, 1.54) is 0 Å². The van der Waals surface area contributed by atoms with E-state index in [1.807, 2.05) is 13.8 Å². The Morgan fingerprint density at radius 2 is 2.19 bits per heavy atom. The van der Waals surface area contributed by atoms with E-state index < -0.39 is 0 Å². The molecule has 1 aromatic rings. The zero-order valence-corrected chi connectivity index (χ0v) is 9.90. The zero-order valence-electron chi connectivity index (χ0n) is 9.90. The van der Waals surface area contributed by atoms with Crippen molar-refractivity contribution in [3.8, 4) is 0 Å². The quantitative estimate of drug-likeness (QED) is 0.815. The minimum atomic E-state index is -0.0994. The van der Waals surface area contributed by atoms with Gasteiger partial charge in [0.25, 0.3) is 0 Å². The van der Waals surface area contributed by atoms with E-state index in [2.05, 4.69) is 15.3 Å². The van der Waals surface area contributed by atoms with Gasteiger partial charge in [-0.1, -0.05) is 0 Å². The van der Waals surface area contributed by atoms with Crippen LogP contribution in [-0.2, 0) is 0 Å². The van der Waals surface area contributed by atoms with Crippen molar-refractivity contribution < 1.29 is 5.11 Å². The van der Waals surface area contributed by atoms with Gasteiger partial charge in [0.05, 0.1) is 23.7 Å². The van der Waals surface area contributed by atoms with E-state index in [9.17, 15) is 5.11 Å². The molecule has 16 heavy (non-hydrogen) atoms. The molecule has 2 unspecified atom stereocenters. The molecule has 1 aliphatic carbocycles. The molecule has 1 saturated carbocycles. The lowest BCUT2D eigenvalue weighted by Crippen LogP contribution is -2.14. The summed E-state index contributed by atoms with van der Waals surface area (Å²) in [5.41, 5.74) is 1.94. The predicted molar refractivity (Wildman–Crippen MR) is 63.3 cm³/mol. The Hall–Kier alpha value is -1.16. The summed E-state index contributed by atoms with van der Waals surface area (Å²) in [4.78, 5) is 8.68. The lowest BCUT2D eigenvalue weighted by Gasteiger charge is -2.11. The average molecular weight is 221 g/mol. The highest BCUT2D eigenvalue weighted by Crippen LogP contribution is 2.25. The third kappa shape index (κ3) is 2.70. The second-order valence-corrected chi connectivity index (χ2v) is 4.64. The topological polar surface area (TPSA) is 58.0 Å². The minimum Gasteiger partial charge on any atom is -0.393 e. The third-order valence-electron chi connectivity index (χ3n) is 3.28. The summed E-state index contributed by atoms with van der Waals surface area (Å²) in [5, 5.41) is 12.7. The summed E-state index contributed by atoms with van der Waals surface area (Å²) in [7, 11) is 0. The highest BCUT2D eigenvalue weighted by molar-refractivity contribution is 5.33. The number of aryl methyl sites for hydroxylation is 2. The van der Waals surface area contributed by atoms with Crippen LogP contribution in [-0.4, -0.2) is 27.7 Å². The van der Waals surface area contributed by atoms with Crippen LogP contribution in [0.4, 0.5) is 5.82 Å². The normalized spacial score (nSPS) is 24.7. The van der Waals surface area contributed by atoms with Gasteiger partial charge in [-0.3, -0.25) is 4.98 Å². The van der Waals surface area contributed by atoms with Gasteiger partial charge in [0.1, 0.15) is 5.82 Å². The number of aromatic nitrogens is 2. The maximum absolute atomic E-state index is 9.42. The molecular weight excluding hydrogens is 202 g/mol. The fraction of sp³-hybridized carbons (Fsp3) is 0.667. The smallest absolute Gasteiger partial charge is 0.144 e. The van der Waals surface area contributed by atoms with E-state index in [-0.39, 0.29) is 6.10 Å². The summed E-state index contributed by atoms with van der Waals surface area (Å²) in [6.45, 7) is 4.81. The first-order valence-corrected chi connectivity index (χ1v) is 5.87. The fourth-order valence-corrected chi connectivity index (χ4v) is 2.11. The van der Waals surface area contributed by atoms with Crippen LogP contribution in [0.3, 0.4) is 0 Å². The number of nitrogens with zero attached hydrogens (tertiary/aromatic N) is 2. The molecule has 0 radical (unpaired) electrons. The van der Waals surface area contributed by atoms with Crippen molar-refractivity contribution in [1.82, 2.24) is 9.97 Å². The standard InChI is InChI=1S/C12H19N3O/c1-8-9(2)15-12(7-13-8)14-6-10-3-4-11(16)5-10/h7,10-11,16H,3-6H2,1-2H3,(H,14,15). The Morgan fingerprint density at radius 3 is 2.81 bits per heavy atom. The number of anilines is 1. The van der Waals surface area contributed by atoms with Crippen molar-refractivity contribution in [3.63, 3.8) is 0 Å². The molecule has 0 aliphatic heterocycles. The van der Waals surface area contributed by atoms with Gasteiger partial charge in [0, 0.05) is 6.54 Å². The van der Waals surface area contributed by atoms with Gasteiger partial charge in [0.15, 0.2) is 0 Å². The van der Waals surface area contributed by atoms with Crippen molar-refractivity contribution >= 4 is 5.82 Å². The van der Waals surface area contributed by atoms with Crippen LogP contribution in [0.1, 0.15) is 30.7 Å². The molecule has 4 nitrogen and oxygen atoms in total. The monoisotopic (exact) mass is 221 g/mol. The summed E-state index contributed by atoms with van der Waals surface area (Å²) >= 11 is 0. The van der Waals surface area contributed by atoms with Crippen molar-refractivity contribution in [2.45, 2.75) is 39.2 Å². The highest BCUT2D eigenvalue weighted by atomic mass is 16.3. The Bertz CT molecular complexity index is 367. The molecule has 4 heteroatoms. The number of nitrogens with one attached hydrogen (secondary N) is 1. The van der Waals surface area contributed by atoms with E-state index in [0.717, 1.165) is 43.0 Å². The van der Waals surface area contributed by atoms with E-state index >= 15 is 0 Å². The Balaban J connectivity index is 1.87. The molecule has 0 spiro atoms. The first kappa shape index (κ1) is 11.3. The van der Waals surface area contributed by atoms with E-state index in [0.29, 0.717) is 5.92 Å². The molecule has 1 heterocycles. The second kappa shape index (κ2) is 4.78. The largest absolute Gasteiger partial charge is 0.393 e. The molecule has 2 atom stereocenters. The zero-order chi connectivity index (χ0) is 11.5. The van der Waals surface area contributed by atoms with Crippen molar-refractivity contribution in [1.29, 1.82) is 0 Å². The van der Waals surface area contributed by atoms with Crippen molar-refractivity contribution in [2.24, 2.45) is 5.92 Å². The summed E-state index contributed by atoms with van der Waals surface area (Å²) < 4.78 is 0. The van der Waals surface area contributed by atoms with Gasteiger partial charge in [-0.15, -0.1) is 0 Å². The summed E-state index contributed by atoms with van der Waals surface area (Å²) in [6.07, 6.45) is 4.62. The number of hydrogen-bond donors (Lipinski definition) is 2. The Labute approximate surface area is 96.1 Å². The van der Waals surface area contributed by atoms with Crippen molar-refractivity contribution in [2.75, 3.05) is 11.9 Å². The maximum Gasteiger partial charge on any atom is 0.144 e. The van der Waals surface area contributed by atoms with Gasteiger partial charge in [-0.05, 0) is 39.0 Å². The molecule has 0 saturated heterocycles. The maximum atomic E-state index is 9.42. The predicted octanol–water partition coefficient (Wildman–Crippen LogP) is 1.67. The number of hydrogen-bond acceptors (Lipinski definition) is 4. The van der Waals surface area contributed by atoms with Gasteiger partial charge in [0.2, 0.25) is 0 Å². The lowest BCUT2D eigenvalue weighted by molar-refractivity contribution is 0.178. The van der Waals surface area contributed by atoms with Crippen LogP contribution in [0, 0.1) is 19.8 Å². The Kier molecular flexibility index (Phi) is 3.39. The molecular formula is C12H19N3O. The van der Waals surface area contributed by atoms with Gasteiger partial charge in [-0.2, -0.15) is 0 Å². The Morgan fingerprint density at radius 1 is 1.38 bits per heavy atom. The molecule has 1 aliphatic rings. The molecule has 0 aromatic carbocycles. The summed E-state index contributed by atoms with van der Waals surface area (Å²) in [6, 6.07) is 0. The molecule has 0 bridgehead atoms. The minimum absolute atomic E-state index is 0.0994. The van der Waals surface area contributed by atoms with Crippen LogP contribution >= 0.6 is 0 Å². The van der Waals surface area contributed by atoms with E-state index in [1.54, 1.807) is 6.20 Å². The SMILES string of the molecule is Cc1ncc(NCC2CCC(O)C2)nc1C. The van der Waals surface area contributed by atoms with Gasteiger partial charge in [-0.25, -0.2) is 4.98 Å². The third-order valence-corrected chi connectivity index (χ3v) is 3.28. The molecule has 1 aromatic heterocycles. The molecule has 88 valence electrons. The molecule has 0 amide bonds. The first-order valence-electron chi connectivity index (χ1n) is 5.87. The molecule has 2 N–H and O–H groups in total. The number of rotatable bonds is 3. The van der Waals surface area contributed by atoms with E-state index in [4.69, 9.17) is 0 Å². The second-order valence-electron chi connectivity index (χ2n) is 4.64. The first-order chi connectivity index (χ1) is 7.65. The van der Waals surface area contributed by atoms with Crippen LogP contribution in [0.2, 0.25) is 0 Å². The molecule has 2 rings (SSSR count). The average Bonchev–Trinajstić information content (AvgIpc) is 2.66. The lowest BCUT2D eigenvalue weighted by atomic mass is 10.1. The highest BCUT2D eigenvalue weighted by Gasteiger charge is 2.22. The van der Waals surface area contributed by atoms with Gasteiger partial charge < -0.3 is 10.4 Å². The molecule has 1 fully saturated rings. The van der Waals surface area contributed by atoms with Crippen LogP contribution in [0.5, 0.6) is 0 Å². The van der Waals surface area contributed by atoms with Gasteiger partial charge >= 0.3 is 0 Å². The summed E-state index contributed by atoms with van der Waals surface area (Å²) in [5.74, 6) is 1.41. The van der Waals surface area contributed by atoms with Crippen LogP contribution in [0.25, 0.3) is 0 Å².